The Morgan fingerprint density at radius 2 is 1.28 bits per heavy atom. The van der Waals surface area contributed by atoms with Gasteiger partial charge in [0, 0.05) is 0 Å². The minimum absolute atomic E-state index is 0.897. The van der Waals surface area contributed by atoms with E-state index < -0.39 is 0 Å². The van der Waals surface area contributed by atoms with E-state index in [0.717, 1.165) is 29.6 Å². The topological polar surface area (TPSA) is 0 Å². The van der Waals surface area contributed by atoms with E-state index in [1.807, 2.05) is 0 Å². The maximum absolute atomic E-state index is 2.53. The molecule has 4 atom stereocenters. The molecule has 0 aromatic heterocycles. The fourth-order valence-corrected chi connectivity index (χ4v) is 4.45. The van der Waals surface area contributed by atoms with Crippen LogP contribution in [0.3, 0.4) is 0 Å². The molecule has 0 heteroatoms. The van der Waals surface area contributed by atoms with Crippen LogP contribution in [0.1, 0.15) is 86.0 Å². The zero-order valence-corrected chi connectivity index (χ0v) is 13.5. The molecular weight excluding hydrogens is 216 g/mol. The maximum Gasteiger partial charge on any atom is -0.0331 e. The second-order valence-electron chi connectivity index (χ2n) is 7.00. The minimum atomic E-state index is 0.897. The molecule has 1 aliphatic carbocycles. The largest absolute Gasteiger partial charge is 0.0654 e. The van der Waals surface area contributed by atoms with E-state index in [0.29, 0.717) is 0 Å². The number of hydrogen-bond acceptors (Lipinski definition) is 0. The van der Waals surface area contributed by atoms with Gasteiger partial charge in [-0.05, 0) is 42.4 Å². The van der Waals surface area contributed by atoms with Crippen LogP contribution in [0.25, 0.3) is 0 Å². The van der Waals surface area contributed by atoms with Crippen molar-refractivity contribution in [1.82, 2.24) is 0 Å². The quantitative estimate of drug-likeness (QED) is 0.422. The Morgan fingerprint density at radius 3 is 1.72 bits per heavy atom. The van der Waals surface area contributed by atoms with Crippen molar-refractivity contribution in [1.29, 1.82) is 0 Å². The highest BCUT2D eigenvalue weighted by molar-refractivity contribution is 4.95. The van der Waals surface area contributed by atoms with Gasteiger partial charge in [-0.3, -0.25) is 0 Å². The lowest BCUT2D eigenvalue weighted by Crippen LogP contribution is -2.47. The highest BCUT2D eigenvalue weighted by atomic mass is 14.5. The predicted molar refractivity (Wildman–Crippen MR) is 82.8 cm³/mol. The molecule has 1 fully saturated rings. The van der Waals surface area contributed by atoms with Crippen LogP contribution < -0.4 is 0 Å². The first-order chi connectivity index (χ1) is 8.63. The Labute approximate surface area is 116 Å². The molecule has 0 aromatic carbocycles. The second-order valence-corrected chi connectivity index (χ2v) is 7.00. The summed E-state index contributed by atoms with van der Waals surface area (Å²) in [6.07, 6.45) is 11.6. The molecular formula is C18H36. The average Bonchev–Trinajstić information content (AvgIpc) is 2.33. The Hall–Kier alpha value is 0. The van der Waals surface area contributed by atoms with Gasteiger partial charge in [-0.2, -0.15) is 0 Å². The molecule has 18 heavy (non-hydrogen) atoms. The standard InChI is InChI=1S/C18H36/c1-6-8-10-12-16-15(5)18(14(3)4)17(16)13-11-9-7-2/h14-18H,6-13H2,1-5H3. The zero-order valence-electron chi connectivity index (χ0n) is 13.5. The van der Waals surface area contributed by atoms with Crippen LogP contribution >= 0.6 is 0 Å². The van der Waals surface area contributed by atoms with Crippen molar-refractivity contribution >= 4 is 0 Å². The van der Waals surface area contributed by atoms with Crippen molar-refractivity contribution in [2.45, 2.75) is 86.0 Å². The predicted octanol–water partition coefficient (Wildman–Crippen LogP) is 6.30. The summed E-state index contributed by atoms with van der Waals surface area (Å²) in [6.45, 7) is 12.0. The Morgan fingerprint density at radius 1 is 0.778 bits per heavy atom. The molecule has 0 aliphatic heterocycles. The summed E-state index contributed by atoms with van der Waals surface area (Å²) >= 11 is 0. The molecule has 0 bridgehead atoms. The molecule has 0 heterocycles. The lowest BCUT2D eigenvalue weighted by atomic mass is 9.51. The second kappa shape index (κ2) is 8.23. The van der Waals surface area contributed by atoms with Gasteiger partial charge >= 0.3 is 0 Å². The Bertz CT molecular complexity index is 206. The molecule has 4 unspecified atom stereocenters. The molecule has 108 valence electrons. The van der Waals surface area contributed by atoms with E-state index in [1.54, 1.807) is 0 Å². The smallest absolute Gasteiger partial charge is 0.0331 e. The first-order valence-corrected chi connectivity index (χ1v) is 8.63. The van der Waals surface area contributed by atoms with E-state index in [1.165, 1.54) is 51.4 Å². The lowest BCUT2D eigenvalue weighted by molar-refractivity contribution is -0.0525. The molecule has 0 aromatic rings. The van der Waals surface area contributed by atoms with E-state index in [4.69, 9.17) is 0 Å². The molecule has 1 saturated carbocycles. The van der Waals surface area contributed by atoms with Crippen LogP contribution in [0.5, 0.6) is 0 Å². The fraction of sp³-hybridized carbons (Fsp3) is 1.00. The summed E-state index contributed by atoms with van der Waals surface area (Å²) in [5.41, 5.74) is 0. The highest BCUT2D eigenvalue weighted by Crippen LogP contribution is 2.53. The first-order valence-electron chi connectivity index (χ1n) is 8.63. The van der Waals surface area contributed by atoms with Gasteiger partial charge < -0.3 is 0 Å². The van der Waals surface area contributed by atoms with Gasteiger partial charge in [0.1, 0.15) is 0 Å². The van der Waals surface area contributed by atoms with E-state index in [2.05, 4.69) is 34.6 Å². The number of hydrogen-bond donors (Lipinski definition) is 0. The molecule has 0 radical (unpaired) electrons. The van der Waals surface area contributed by atoms with Gasteiger partial charge in [0.25, 0.3) is 0 Å². The van der Waals surface area contributed by atoms with E-state index in [-0.39, 0.29) is 0 Å². The van der Waals surface area contributed by atoms with Crippen molar-refractivity contribution in [2.24, 2.45) is 29.6 Å². The molecule has 0 amide bonds. The Kier molecular flexibility index (Phi) is 7.34. The molecule has 1 rings (SSSR count). The van der Waals surface area contributed by atoms with E-state index >= 15 is 0 Å². The third-order valence-electron chi connectivity index (χ3n) is 5.38. The van der Waals surface area contributed by atoms with Crippen molar-refractivity contribution < 1.29 is 0 Å². The molecule has 1 aliphatic rings. The summed E-state index contributed by atoms with van der Waals surface area (Å²) in [5.74, 6) is 5.03. The average molecular weight is 252 g/mol. The zero-order chi connectivity index (χ0) is 13.5. The summed E-state index contributed by atoms with van der Waals surface area (Å²) in [6, 6.07) is 0. The minimum Gasteiger partial charge on any atom is -0.0654 e. The molecule has 0 spiro atoms. The summed E-state index contributed by atoms with van der Waals surface area (Å²) in [7, 11) is 0. The third-order valence-corrected chi connectivity index (χ3v) is 5.38. The molecule has 0 saturated heterocycles. The van der Waals surface area contributed by atoms with Crippen molar-refractivity contribution in [3.8, 4) is 0 Å². The normalized spacial score (nSPS) is 31.7. The van der Waals surface area contributed by atoms with Gasteiger partial charge in [0.05, 0.1) is 0 Å². The monoisotopic (exact) mass is 252 g/mol. The van der Waals surface area contributed by atoms with Crippen molar-refractivity contribution in [3.05, 3.63) is 0 Å². The Balaban J connectivity index is 2.42. The first kappa shape index (κ1) is 16.1. The van der Waals surface area contributed by atoms with Crippen LogP contribution in [0.2, 0.25) is 0 Å². The van der Waals surface area contributed by atoms with Gasteiger partial charge in [-0.1, -0.05) is 73.1 Å². The van der Waals surface area contributed by atoms with Gasteiger partial charge in [-0.25, -0.2) is 0 Å². The fourth-order valence-electron chi connectivity index (χ4n) is 4.45. The molecule has 0 nitrogen and oxygen atoms in total. The SMILES string of the molecule is CCCCCC1C(C)C(C(C)C)C1CCCCC. The van der Waals surface area contributed by atoms with Gasteiger partial charge in [0.15, 0.2) is 0 Å². The van der Waals surface area contributed by atoms with Crippen LogP contribution in [-0.2, 0) is 0 Å². The summed E-state index contributed by atoms with van der Waals surface area (Å²) < 4.78 is 0. The highest BCUT2D eigenvalue weighted by Gasteiger charge is 2.47. The van der Waals surface area contributed by atoms with Crippen LogP contribution in [0.4, 0.5) is 0 Å². The van der Waals surface area contributed by atoms with Crippen LogP contribution in [-0.4, -0.2) is 0 Å². The summed E-state index contributed by atoms with van der Waals surface area (Å²) in [4.78, 5) is 0. The van der Waals surface area contributed by atoms with Crippen molar-refractivity contribution in [2.75, 3.05) is 0 Å². The third kappa shape index (κ3) is 4.00. The molecule has 0 N–H and O–H groups in total. The van der Waals surface area contributed by atoms with Crippen LogP contribution in [0.15, 0.2) is 0 Å². The summed E-state index contributed by atoms with van der Waals surface area (Å²) in [5, 5.41) is 0. The number of unbranched alkanes of at least 4 members (excludes halogenated alkanes) is 4. The van der Waals surface area contributed by atoms with Gasteiger partial charge in [0.2, 0.25) is 0 Å². The van der Waals surface area contributed by atoms with E-state index in [9.17, 15) is 0 Å². The number of rotatable bonds is 9. The van der Waals surface area contributed by atoms with Gasteiger partial charge in [-0.15, -0.1) is 0 Å². The maximum atomic E-state index is 2.53. The van der Waals surface area contributed by atoms with Crippen molar-refractivity contribution in [3.63, 3.8) is 0 Å². The lowest BCUT2D eigenvalue weighted by Gasteiger charge is -2.54. The van der Waals surface area contributed by atoms with Crippen LogP contribution in [0, 0.1) is 29.6 Å².